The molecule has 1 fully saturated rings. The van der Waals surface area contributed by atoms with Gasteiger partial charge >= 0.3 is 5.97 Å². The summed E-state index contributed by atoms with van der Waals surface area (Å²) in [7, 11) is 1.39. The van der Waals surface area contributed by atoms with Gasteiger partial charge in [0.25, 0.3) is 0 Å². The van der Waals surface area contributed by atoms with Crippen molar-refractivity contribution < 1.29 is 9.53 Å². The summed E-state index contributed by atoms with van der Waals surface area (Å²) in [5.74, 6) is 1.21. The van der Waals surface area contributed by atoms with Crippen LogP contribution < -0.4 is 5.32 Å². The van der Waals surface area contributed by atoms with Crippen LogP contribution in [0.1, 0.15) is 48.0 Å². The first-order valence-electron chi connectivity index (χ1n) is 6.89. The highest BCUT2D eigenvalue weighted by molar-refractivity contribution is 7.15. The average molecular weight is 282 g/mol. The number of hydrogen-bond donors (Lipinski definition) is 1. The second-order valence-electron chi connectivity index (χ2n) is 5.43. The number of hydrogen-bond acceptors (Lipinski definition) is 5. The molecular formula is C14H22N2O2S. The molecule has 1 N–H and O–H groups in total. The summed E-state index contributed by atoms with van der Waals surface area (Å²) in [6.45, 7) is 5.19. The topological polar surface area (TPSA) is 51.2 Å². The molecule has 1 heterocycles. The third-order valence-corrected chi connectivity index (χ3v) is 4.69. The summed E-state index contributed by atoms with van der Waals surface area (Å²) in [5.41, 5.74) is 0.437. The van der Waals surface area contributed by atoms with E-state index in [-0.39, 0.29) is 5.97 Å². The smallest absolute Gasteiger partial charge is 0.357 e. The number of carbonyl (C=O) groups is 1. The van der Waals surface area contributed by atoms with Gasteiger partial charge in [-0.1, -0.05) is 19.8 Å². The second kappa shape index (κ2) is 6.37. The molecule has 1 aliphatic rings. The Morgan fingerprint density at radius 3 is 3.00 bits per heavy atom. The molecule has 2 rings (SSSR count). The zero-order valence-corrected chi connectivity index (χ0v) is 12.7. The van der Waals surface area contributed by atoms with Crippen LogP contribution in [0, 0.1) is 18.8 Å². The lowest BCUT2D eigenvalue weighted by atomic mass is 9.82. The van der Waals surface area contributed by atoms with E-state index in [0.29, 0.717) is 5.69 Å². The monoisotopic (exact) mass is 282 g/mol. The Kier molecular flexibility index (Phi) is 4.80. The Morgan fingerprint density at radius 1 is 1.53 bits per heavy atom. The van der Waals surface area contributed by atoms with Crippen molar-refractivity contribution in [3.05, 3.63) is 10.6 Å². The molecule has 1 saturated carbocycles. The quantitative estimate of drug-likeness (QED) is 0.859. The fraction of sp³-hybridized carbons (Fsp3) is 0.714. The van der Waals surface area contributed by atoms with E-state index in [4.69, 9.17) is 4.74 Å². The zero-order chi connectivity index (χ0) is 13.8. The maximum absolute atomic E-state index is 11.5. The van der Waals surface area contributed by atoms with Gasteiger partial charge in [0.15, 0.2) is 10.8 Å². The molecule has 5 heteroatoms. The van der Waals surface area contributed by atoms with Gasteiger partial charge < -0.3 is 10.1 Å². The van der Waals surface area contributed by atoms with Crippen molar-refractivity contribution in [2.45, 2.75) is 39.5 Å². The molecular weight excluding hydrogens is 260 g/mol. The number of anilines is 1. The fourth-order valence-electron chi connectivity index (χ4n) is 2.73. The Balaban J connectivity index is 1.91. The number of thiazole rings is 1. The average Bonchev–Trinajstić information content (AvgIpc) is 2.77. The van der Waals surface area contributed by atoms with Crippen LogP contribution in [0.2, 0.25) is 0 Å². The van der Waals surface area contributed by atoms with Gasteiger partial charge in [0, 0.05) is 11.4 Å². The largest absolute Gasteiger partial charge is 0.464 e. The maximum Gasteiger partial charge on any atom is 0.357 e. The number of carbonyl (C=O) groups excluding carboxylic acids is 1. The molecule has 2 unspecified atom stereocenters. The van der Waals surface area contributed by atoms with Gasteiger partial charge in [0.05, 0.1) is 7.11 Å². The van der Waals surface area contributed by atoms with Crippen molar-refractivity contribution >= 4 is 22.4 Å². The molecule has 106 valence electrons. The van der Waals surface area contributed by atoms with Gasteiger partial charge in [-0.15, -0.1) is 11.3 Å². The van der Waals surface area contributed by atoms with Crippen LogP contribution in [0.5, 0.6) is 0 Å². The third kappa shape index (κ3) is 3.69. The molecule has 0 spiro atoms. The Bertz CT molecular complexity index is 445. The molecule has 2 atom stereocenters. The second-order valence-corrected chi connectivity index (χ2v) is 6.64. The Hall–Kier alpha value is -1.10. The van der Waals surface area contributed by atoms with Gasteiger partial charge in [-0.3, -0.25) is 0 Å². The standard InChI is InChI=1S/C14H22N2O2S/c1-9-5-4-6-11(7-9)8-15-14-16-12(10(2)19-14)13(17)18-3/h9,11H,4-8H2,1-3H3,(H,15,16). The molecule has 0 bridgehead atoms. The minimum Gasteiger partial charge on any atom is -0.464 e. The van der Waals surface area contributed by atoms with Crippen molar-refractivity contribution in [3.63, 3.8) is 0 Å². The lowest BCUT2D eigenvalue weighted by molar-refractivity contribution is 0.0594. The van der Waals surface area contributed by atoms with E-state index in [1.54, 1.807) is 0 Å². The molecule has 4 nitrogen and oxygen atoms in total. The number of esters is 1. The van der Waals surface area contributed by atoms with Crippen LogP contribution in [0.15, 0.2) is 0 Å². The fourth-order valence-corrected chi connectivity index (χ4v) is 3.54. The summed E-state index contributed by atoms with van der Waals surface area (Å²) >= 11 is 1.52. The highest BCUT2D eigenvalue weighted by atomic mass is 32.1. The van der Waals surface area contributed by atoms with Crippen LogP contribution in [0.25, 0.3) is 0 Å². The summed E-state index contributed by atoms with van der Waals surface area (Å²) in [5, 5.41) is 4.20. The van der Waals surface area contributed by atoms with Crippen molar-refractivity contribution in [2.75, 3.05) is 19.0 Å². The van der Waals surface area contributed by atoms with Gasteiger partial charge in [-0.05, 0) is 31.6 Å². The van der Waals surface area contributed by atoms with Gasteiger partial charge in [-0.2, -0.15) is 0 Å². The normalized spacial score (nSPS) is 23.1. The van der Waals surface area contributed by atoms with E-state index in [9.17, 15) is 4.79 Å². The molecule has 19 heavy (non-hydrogen) atoms. The van der Waals surface area contributed by atoms with Crippen LogP contribution in [-0.2, 0) is 4.74 Å². The lowest BCUT2D eigenvalue weighted by Gasteiger charge is -2.26. The molecule has 0 aliphatic heterocycles. The number of methoxy groups -OCH3 is 1. The minimum atomic E-state index is -0.354. The molecule has 1 aromatic heterocycles. The molecule has 0 amide bonds. The van der Waals surface area contributed by atoms with Gasteiger partial charge in [0.2, 0.25) is 0 Å². The minimum absolute atomic E-state index is 0.354. The van der Waals surface area contributed by atoms with Crippen molar-refractivity contribution in [1.29, 1.82) is 0 Å². The molecule has 0 radical (unpaired) electrons. The molecule has 1 aromatic rings. The summed E-state index contributed by atoms with van der Waals surface area (Å²) in [4.78, 5) is 16.7. The van der Waals surface area contributed by atoms with Crippen LogP contribution in [0.3, 0.4) is 0 Å². The highest BCUT2D eigenvalue weighted by Gasteiger charge is 2.20. The van der Waals surface area contributed by atoms with E-state index in [1.165, 1.54) is 44.1 Å². The number of nitrogens with zero attached hydrogens (tertiary/aromatic N) is 1. The van der Waals surface area contributed by atoms with E-state index < -0.39 is 0 Å². The zero-order valence-electron chi connectivity index (χ0n) is 11.9. The summed E-state index contributed by atoms with van der Waals surface area (Å²) < 4.78 is 4.72. The molecule has 1 aliphatic carbocycles. The molecule has 0 saturated heterocycles. The van der Waals surface area contributed by atoms with Crippen molar-refractivity contribution in [2.24, 2.45) is 11.8 Å². The van der Waals surface area contributed by atoms with Crippen molar-refractivity contribution in [3.8, 4) is 0 Å². The van der Waals surface area contributed by atoms with E-state index in [2.05, 4.69) is 17.2 Å². The van der Waals surface area contributed by atoms with Crippen molar-refractivity contribution in [1.82, 2.24) is 4.98 Å². The lowest BCUT2D eigenvalue weighted by Crippen LogP contribution is -2.21. The number of aryl methyl sites for hydroxylation is 1. The first-order valence-corrected chi connectivity index (χ1v) is 7.71. The predicted molar refractivity (Wildman–Crippen MR) is 77.8 cm³/mol. The van der Waals surface area contributed by atoms with E-state index in [1.807, 2.05) is 6.92 Å². The number of nitrogens with one attached hydrogen (secondary N) is 1. The first kappa shape index (κ1) is 14.3. The SMILES string of the molecule is COC(=O)c1nc(NCC2CCCC(C)C2)sc1C. The Morgan fingerprint density at radius 2 is 2.32 bits per heavy atom. The third-order valence-electron chi connectivity index (χ3n) is 3.76. The maximum atomic E-state index is 11.5. The summed E-state index contributed by atoms with van der Waals surface area (Å²) in [6.07, 6.45) is 5.28. The van der Waals surface area contributed by atoms with E-state index >= 15 is 0 Å². The van der Waals surface area contributed by atoms with Gasteiger partial charge in [-0.25, -0.2) is 9.78 Å². The van der Waals surface area contributed by atoms with E-state index in [0.717, 1.165) is 28.4 Å². The predicted octanol–water partition coefficient (Wildman–Crippen LogP) is 3.48. The summed E-state index contributed by atoms with van der Waals surface area (Å²) in [6, 6.07) is 0. The van der Waals surface area contributed by atoms with Crippen LogP contribution >= 0.6 is 11.3 Å². The highest BCUT2D eigenvalue weighted by Crippen LogP contribution is 2.29. The number of ether oxygens (including phenoxy) is 1. The first-order chi connectivity index (χ1) is 9.10. The number of rotatable bonds is 4. The number of aromatic nitrogens is 1. The van der Waals surface area contributed by atoms with Crippen LogP contribution in [-0.4, -0.2) is 24.6 Å². The Labute approximate surface area is 118 Å². The van der Waals surface area contributed by atoms with Gasteiger partial charge in [0.1, 0.15) is 0 Å². The van der Waals surface area contributed by atoms with Crippen LogP contribution in [0.4, 0.5) is 5.13 Å². The molecule has 0 aromatic carbocycles.